The van der Waals surface area contributed by atoms with Crippen LogP contribution in [0.2, 0.25) is 0 Å². The van der Waals surface area contributed by atoms with Gasteiger partial charge in [-0.05, 0) is 92.9 Å². The number of unbranched alkanes of at least 4 members (excludes halogenated alkanes) is 1. The van der Waals surface area contributed by atoms with Crippen LogP contribution in [0, 0.1) is 0 Å². The predicted octanol–water partition coefficient (Wildman–Crippen LogP) is 4.60. The number of ether oxygens (including phenoxy) is 2. The second-order valence-corrected chi connectivity index (χ2v) is 12.0. The topological polar surface area (TPSA) is 131 Å². The number of hydrogen-bond donors (Lipinski definition) is 4. The average Bonchev–Trinajstić information content (AvgIpc) is 2.90. The Labute approximate surface area is 228 Å². The number of aromatic hydroxyl groups is 1. The molecule has 3 rings (SSSR count). The summed E-state index contributed by atoms with van der Waals surface area (Å²) in [6, 6.07) is 12.7. The van der Waals surface area contributed by atoms with Crippen LogP contribution in [0.15, 0.2) is 47.4 Å². The molecule has 4 N–H and O–H groups in total. The van der Waals surface area contributed by atoms with Crippen molar-refractivity contribution in [1.29, 1.82) is 0 Å². The molecule has 1 aliphatic rings. The first kappa shape index (κ1) is 30.1. The van der Waals surface area contributed by atoms with E-state index in [0.717, 1.165) is 38.5 Å². The molecule has 0 bridgehead atoms. The van der Waals surface area contributed by atoms with Crippen LogP contribution in [-0.4, -0.2) is 62.5 Å². The maximum Gasteiger partial charge on any atom is 0.347 e. The molecule has 0 radical (unpaired) electrons. The minimum atomic E-state index is -1.28. The number of aliphatic hydroxyl groups is 1. The van der Waals surface area contributed by atoms with E-state index in [2.05, 4.69) is 5.32 Å². The minimum Gasteiger partial charge on any atom is -0.611 e. The monoisotopic (exact) mass is 547 g/mol. The van der Waals surface area contributed by atoms with E-state index in [1.807, 2.05) is 31.2 Å². The Bertz CT molecular complexity index is 1020. The van der Waals surface area contributed by atoms with Gasteiger partial charge in [-0.25, -0.2) is 4.79 Å². The van der Waals surface area contributed by atoms with E-state index in [-0.39, 0.29) is 12.4 Å². The predicted molar refractivity (Wildman–Crippen MR) is 148 cm³/mol. The fourth-order valence-electron chi connectivity index (χ4n) is 4.48. The summed E-state index contributed by atoms with van der Waals surface area (Å²) in [5.41, 5.74) is -0.0520. The van der Waals surface area contributed by atoms with Gasteiger partial charge in [0.1, 0.15) is 30.0 Å². The number of carboxylic acids is 1. The zero-order valence-corrected chi connectivity index (χ0v) is 23.3. The van der Waals surface area contributed by atoms with Crippen molar-refractivity contribution in [2.75, 3.05) is 18.9 Å². The Hall–Kier alpha value is -2.46. The molecule has 0 spiro atoms. The Morgan fingerprint density at radius 2 is 1.79 bits per heavy atom. The number of carboxylic acid groups (broad SMARTS) is 1. The van der Waals surface area contributed by atoms with Gasteiger partial charge in [0.2, 0.25) is 0 Å². The molecule has 0 saturated heterocycles. The summed E-state index contributed by atoms with van der Waals surface area (Å²) < 4.78 is 23.7. The summed E-state index contributed by atoms with van der Waals surface area (Å²) >= 11 is -1.28. The highest BCUT2D eigenvalue weighted by atomic mass is 32.2. The molecular formula is C29H41NO7S. The van der Waals surface area contributed by atoms with Crippen molar-refractivity contribution in [3.8, 4) is 17.2 Å². The molecule has 1 unspecified atom stereocenters. The van der Waals surface area contributed by atoms with Gasteiger partial charge in [0.15, 0.2) is 16.2 Å². The number of phenols is 1. The van der Waals surface area contributed by atoms with E-state index in [1.54, 1.807) is 12.1 Å². The van der Waals surface area contributed by atoms with Crippen LogP contribution in [0.5, 0.6) is 17.2 Å². The fraction of sp³-hybridized carbons (Fsp3) is 0.552. The van der Waals surface area contributed by atoms with Gasteiger partial charge >= 0.3 is 5.97 Å². The SMILES string of the molecule is CCCC[S+]([O-])c1cc(OC[C@@H](O)CNC2CCC(c3ccc(OC(C)(C)C(=O)O)cc3)CC2)ccc1O. The number of rotatable bonds is 14. The molecule has 1 fully saturated rings. The molecule has 2 atom stereocenters. The third-order valence-corrected chi connectivity index (χ3v) is 8.39. The van der Waals surface area contributed by atoms with E-state index in [1.165, 1.54) is 25.5 Å². The van der Waals surface area contributed by atoms with Crippen molar-refractivity contribution in [1.82, 2.24) is 5.32 Å². The normalized spacial score (nSPS) is 19.5. The molecule has 0 amide bonds. The summed E-state index contributed by atoms with van der Waals surface area (Å²) in [5.74, 6) is 0.943. The summed E-state index contributed by atoms with van der Waals surface area (Å²) in [6.45, 7) is 5.60. The van der Waals surface area contributed by atoms with Crippen LogP contribution in [0.4, 0.5) is 0 Å². The molecule has 0 heterocycles. The third kappa shape index (κ3) is 8.80. The first-order chi connectivity index (χ1) is 18.1. The van der Waals surface area contributed by atoms with E-state index in [0.29, 0.717) is 40.7 Å². The lowest BCUT2D eigenvalue weighted by Crippen LogP contribution is -2.39. The lowest BCUT2D eigenvalue weighted by Gasteiger charge is -2.30. The van der Waals surface area contributed by atoms with E-state index in [4.69, 9.17) is 9.47 Å². The molecule has 38 heavy (non-hydrogen) atoms. The summed E-state index contributed by atoms with van der Waals surface area (Å²) in [4.78, 5) is 11.6. The highest BCUT2D eigenvalue weighted by molar-refractivity contribution is 7.91. The number of phenolic OH excluding ortho intramolecular Hbond substituents is 1. The second kappa shape index (κ2) is 14.1. The zero-order chi connectivity index (χ0) is 27.7. The summed E-state index contributed by atoms with van der Waals surface area (Å²) in [7, 11) is 0. The van der Waals surface area contributed by atoms with E-state index >= 15 is 0 Å². The quantitative estimate of drug-likeness (QED) is 0.253. The number of nitrogens with one attached hydrogen (secondary N) is 1. The van der Waals surface area contributed by atoms with Crippen molar-refractivity contribution >= 4 is 17.1 Å². The fourth-order valence-corrected chi connectivity index (χ4v) is 5.80. The zero-order valence-electron chi connectivity index (χ0n) is 22.5. The highest BCUT2D eigenvalue weighted by Crippen LogP contribution is 2.34. The Balaban J connectivity index is 1.39. The number of carbonyl (C=O) groups is 1. The van der Waals surface area contributed by atoms with Crippen molar-refractivity contribution in [2.45, 2.75) is 87.9 Å². The van der Waals surface area contributed by atoms with Gasteiger partial charge in [0.05, 0.1) is 0 Å². The van der Waals surface area contributed by atoms with Gasteiger partial charge in [-0.15, -0.1) is 0 Å². The lowest BCUT2D eigenvalue weighted by atomic mass is 9.81. The summed E-state index contributed by atoms with van der Waals surface area (Å²) in [6.07, 6.45) is 5.09. The van der Waals surface area contributed by atoms with Gasteiger partial charge in [-0.1, -0.05) is 25.5 Å². The molecule has 9 heteroatoms. The van der Waals surface area contributed by atoms with Crippen molar-refractivity contribution in [2.24, 2.45) is 0 Å². The van der Waals surface area contributed by atoms with E-state index in [9.17, 15) is 24.7 Å². The van der Waals surface area contributed by atoms with Crippen LogP contribution in [-0.2, 0) is 16.0 Å². The second-order valence-electron chi connectivity index (χ2n) is 10.4. The Morgan fingerprint density at radius 1 is 1.13 bits per heavy atom. The molecule has 210 valence electrons. The van der Waals surface area contributed by atoms with Crippen LogP contribution < -0.4 is 14.8 Å². The average molecular weight is 548 g/mol. The first-order valence-corrected chi connectivity index (χ1v) is 14.7. The number of aliphatic carboxylic acids is 1. The van der Waals surface area contributed by atoms with Gasteiger partial charge in [0.25, 0.3) is 0 Å². The first-order valence-electron chi connectivity index (χ1n) is 13.4. The minimum absolute atomic E-state index is 0.00369. The molecule has 2 aromatic carbocycles. The van der Waals surface area contributed by atoms with Gasteiger partial charge in [-0.3, -0.25) is 0 Å². The molecule has 1 saturated carbocycles. The van der Waals surface area contributed by atoms with Crippen molar-refractivity contribution in [3.05, 3.63) is 48.0 Å². The van der Waals surface area contributed by atoms with Gasteiger partial charge in [0, 0.05) is 18.7 Å². The Morgan fingerprint density at radius 3 is 2.42 bits per heavy atom. The molecule has 8 nitrogen and oxygen atoms in total. The number of benzene rings is 2. The van der Waals surface area contributed by atoms with Crippen LogP contribution in [0.25, 0.3) is 0 Å². The molecule has 0 aromatic heterocycles. The molecule has 1 aliphatic carbocycles. The van der Waals surface area contributed by atoms with Gasteiger partial charge < -0.3 is 34.7 Å². The molecular weight excluding hydrogens is 506 g/mol. The maximum absolute atomic E-state index is 12.4. The number of hydrogen-bond acceptors (Lipinski definition) is 7. The largest absolute Gasteiger partial charge is 0.611 e. The lowest BCUT2D eigenvalue weighted by molar-refractivity contribution is -0.152. The Kier molecular flexibility index (Phi) is 11.1. The van der Waals surface area contributed by atoms with Crippen LogP contribution >= 0.6 is 0 Å². The van der Waals surface area contributed by atoms with Gasteiger partial charge in [-0.2, -0.15) is 0 Å². The molecule has 0 aliphatic heterocycles. The number of aliphatic hydroxyl groups excluding tert-OH is 1. The van der Waals surface area contributed by atoms with Crippen molar-refractivity contribution in [3.63, 3.8) is 0 Å². The van der Waals surface area contributed by atoms with Crippen LogP contribution in [0.3, 0.4) is 0 Å². The third-order valence-electron chi connectivity index (χ3n) is 6.91. The molecule has 2 aromatic rings. The standard InChI is InChI=1S/C29H41NO7S/c1-4-5-16-38(35)27-17-25(14-15-26(27)32)36-19-23(31)18-30-22-10-6-20(7-11-22)21-8-12-24(13-9-21)37-29(2,3)28(33)34/h8-9,12-15,17,20,22-23,30-32H,4-7,10-11,16,18-19H2,1-3H3,(H,33,34)/t20?,22?,23-,38?/m0/s1. The highest BCUT2D eigenvalue weighted by Gasteiger charge is 2.29. The van der Waals surface area contributed by atoms with E-state index < -0.39 is 28.9 Å². The maximum atomic E-state index is 12.4. The van der Waals surface area contributed by atoms with Crippen molar-refractivity contribution < 1.29 is 34.1 Å². The van der Waals surface area contributed by atoms with Crippen LogP contribution in [0.1, 0.15) is 70.8 Å². The summed E-state index contributed by atoms with van der Waals surface area (Å²) in [5, 5.41) is 33.1. The smallest absolute Gasteiger partial charge is 0.347 e.